The van der Waals surface area contributed by atoms with Gasteiger partial charge in [-0.1, -0.05) is 60.7 Å². The summed E-state index contributed by atoms with van der Waals surface area (Å²) in [6.07, 6.45) is 1.19. The lowest BCUT2D eigenvalue weighted by atomic mass is 10.1. The molecule has 0 spiro atoms. The number of ether oxygens (including phenoxy) is 2. The zero-order valence-corrected chi connectivity index (χ0v) is 14.6. The quantitative estimate of drug-likeness (QED) is 0.653. The highest BCUT2D eigenvalue weighted by molar-refractivity contribution is 5.97. The fourth-order valence-corrected chi connectivity index (χ4v) is 3.01. The van der Waals surface area contributed by atoms with Gasteiger partial charge in [-0.15, -0.1) is 0 Å². The van der Waals surface area contributed by atoms with E-state index in [4.69, 9.17) is 9.47 Å². The zero-order chi connectivity index (χ0) is 18.6. The highest BCUT2D eigenvalue weighted by Crippen LogP contribution is 2.24. The van der Waals surface area contributed by atoms with Crippen molar-refractivity contribution in [1.82, 2.24) is 9.78 Å². The van der Waals surface area contributed by atoms with E-state index in [9.17, 15) is 9.59 Å². The minimum atomic E-state index is -0.849. The number of aromatic nitrogens is 2. The molecule has 0 amide bonds. The standard InChI is InChI=1S/C21H18N2O4/c24-20(27-18-11-12-26-21(18)25)17-14-23(13-15-7-3-1-4-8-15)22-19(17)16-9-5-2-6-10-16/h1-10,14,18H,11-13H2/t18-/m0/s1. The maximum atomic E-state index is 12.7. The van der Waals surface area contributed by atoms with E-state index in [1.54, 1.807) is 10.9 Å². The second kappa shape index (κ2) is 7.45. The summed E-state index contributed by atoms with van der Waals surface area (Å²) >= 11 is 0. The van der Waals surface area contributed by atoms with Crippen molar-refractivity contribution in [1.29, 1.82) is 0 Å². The van der Waals surface area contributed by atoms with Crippen LogP contribution < -0.4 is 0 Å². The molecule has 27 heavy (non-hydrogen) atoms. The van der Waals surface area contributed by atoms with E-state index in [-0.39, 0.29) is 6.61 Å². The molecule has 0 saturated carbocycles. The van der Waals surface area contributed by atoms with Crippen LogP contribution >= 0.6 is 0 Å². The normalized spacial score (nSPS) is 16.1. The molecule has 1 fully saturated rings. The van der Waals surface area contributed by atoms with E-state index < -0.39 is 18.0 Å². The average molecular weight is 362 g/mol. The number of cyclic esters (lactones) is 1. The minimum Gasteiger partial charge on any atom is -0.463 e. The van der Waals surface area contributed by atoms with Gasteiger partial charge < -0.3 is 9.47 Å². The van der Waals surface area contributed by atoms with Crippen LogP contribution in [0, 0.1) is 0 Å². The number of benzene rings is 2. The van der Waals surface area contributed by atoms with Gasteiger partial charge in [0.2, 0.25) is 6.10 Å². The van der Waals surface area contributed by atoms with Gasteiger partial charge >= 0.3 is 11.9 Å². The smallest absolute Gasteiger partial charge is 0.347 e. The maximum absolute atomic E-state index is 12.7. The molecular weight excluding hydrogens is 344 g/mol. The van der Waals surface area contributed by atoms with Crippen LogP contribution in [0.1, 0.15) is 22.3 Å². The Labute approximate surface area is 156 Å². The Hall–Kier alpha value is -3.41. The number of nitrogens with zero attached hydrogens (tertiary/aromatic N) is 2. The van der Waals surface area contributed by atoms with Crippen LogP contribution in [0.5, 0.6) is 0 Å². The van der Waals surface area contributed by atoms with Crippen LogP contribution in [0.15, 0.2) is 66.9 Å². The second-order valence-corrected chi connectivity index (χ2v) is 6.29. The third-order valence-electron chi connectivity index (χ3n) is 4.35. The SMILES string of the molecule is O=C(O[C@H]1CCOC1=O)c1cn(Cc2ccccc2)nc1-c1ccccc1. The van der Waals surface area contributed by atoms with Gasteiger partial charge in [0.05, 0.1) is 13.2 Å². The summed E-state index contributed by atoms with van der Waals surface area (Å²) in [4.78, 5) is 24.3. The van der Waals surface area contributed by atoms with Crippen molar-refractivity contribution in [2.24, 2.45) is 0 Å². The summed E-state index contributed by atoms with van der Waals surface area (Å²) in [6, 6.07) is 19.3. The van der Waals surface area contributed by atoms with Gasteiger partial charge in [0.25, 0.3) is 0 Å². The third kappa shape index (κ3) is 3.74. The maximum Gasteiger partial charge on any atom is 0.347 e. The molecule has 2 aromatic carbocycles. The number of rotatable bonds is 5. The summed E-state index contributed by atoms with van der Waals surface area (Å²) in [7, 11) is 0. The Morgan fingerprint density at radius 3 is 2.48 bits per heavy atom. The predicted octanol–water partition coefficient (Wildman–Crippen LogP) is 3.07. The first-order valence-corrected chi connectivity index (χ1v) is 8.75. The van der Waals surface area contributed by atoms with Crippen molar-refractivity contribution in [3.8, 4) is 11.3 Å². The molecule has 1 atom stereocenters. The molecule has 0 aliphatic carbocycles. The second-order valence-electron chi connectivity index (χ2n) is 6.29. The molecule has 1 saturated heterocycles. The fourth-order valence-electron chi connectivity index (χ4n) is 3.01. The van der Waals surface area contributed by atoms with E-state index in [0.29, 0.717) is 24.2 Å². The van der Waals surface area contributed by atoms with Crippen molar-refractivity contribution in [2.45, 2.75) is 19.1 Å². The summed E-state index contributed by atoms with van der Waals surface area (Å²) in [5.41, 5.74) is 2.74. The van der Waals surface area contributed by atoms with Crippen LogP contribution in [0.2, 0.25) is 0 Å². The summed E-state index contributed by atoms with van der Waals surface area (Å²) in [5.74, 6) is -1.07. The lowest BCUT2D eigenvalue weighted by Crippen LogP contribution is -2.22. The molecule has 2 heterocycles. The Morgan fingerprint density at radius 2 is 1.81 bits per heavy atom. The number of esters is 2. The number of hydrogen-bond acceptors (Lipinski definition) is 5. The molecule has 136 valence electrons. The number of hydrogen-bond donors (Lipinski definition) is 0. The minimum absolute atomic E-state index is 0.273. The summed E-state index contributed by atoms with van der Waals surface area (Å²) < 4.78 is 11.9. The molecule has 1 aromatic heterocycles. The van der Waals surface area contributed by atoms with Gasteiger partial charge in [-0.3, -0.25) is 4.68 Å². The van der Waals surface area contributed by atoms with Crippen molar-refractivity contribution in [2.75, 3.05) is 6.61 Å². The Balaban J connectivity index is 1.65. The molecule has 3 aromatic rings. The van der Waals surface area contributed by atoms with Gasteiger partial charge in [0, 0.05) is 18.2 Å². The Kier molecular flexibility index (Phi) is 4.70. The molecule has 0 bridgehead atoms. The first-order valence-electron chi connectivity index (χ1n) is 8.75. The monoisotopic (exact) mass is 362 g/mol. The first-order chi connectivity index (χ1) is 13.2. The average Bonchev–Trinajstić information content (AvgIpc) is 3.30. The zero-order valence-electron chi connectivity index (χ0n) is 14.6. The summed E-state index contributed by atoms with van der Waals surface area (Å²) in [6.45, 7) is 0.801. The molecule has 6 heteroatoms. The molecule has 1 aliphatic heterocycles. The van der Waals surface area contributed by atoms with Gasteiger partial charge in [-0.25, -0.2) is 9.59 Å². The van der Waals surface area contributed by atoms with Gasteiger partial charge in [-0.2, -0.15) is 5.10 Å². The highest BCUT2D eigenvalue weighted by Gasteiger charge is 2.32. The van der Waals surface area contributed by atoms with Gasteiger partial charge in [0.1, 0.15) is 11.3 Å². The van der Waals surface area contributed by atoms with Gasteiger partial charge in [-0.05, 0) is 5.56 Å². The number of carbonyl (C=O) groups excluding carboxylic acids is 2. The van der Waals surface area contributed by atoms with Crippen LogP contribution in [-0.2, 0) is 20.8 Å². The molecule has 0 N–H and O–H groups in total. The largest absolute Gasteiger partial charge is 0.463 e. The van der Waals surface area contributed by atoms with Crippen LogP contribution in [0.25, 0.3) is 11.3 Å². The van der Waals surface area contributed by atoms with Crippen molar-refractivity contribution >= 4 is 11.9 Å². The Bertz CT molecular complexity index is 951. The lowest BCUT2D eigenvalue weighted by Gasteiger charge is -2.08. The third-order valence-corrected chi connectivity index (χ3v) is 4.35. The van der Waals surface area contributed by atoms with E-state index in [1.807, 2.05) is 60.7 Å². The van der Waals surface area contributed by atoms with Crippen molar-refractivity contribution in [3.63, 3.8) is 0 Å². The van der Waals surface area contributed by atoms with E-state index >= 15 is 0 Å². The molecular formula is C21H18N2O4. The van der Waals surface area contributed by atoms with Crippen LogP contribution in [-0.4, -0.2) is 34.4 Å². The molecule has 0 unspecified atom stereocenters. The lowest BCUT2D eigenvalue weighted by molar-refractivity contribution is -0.145. The van der Waals surface area contributed by atoms with Crippen molar-refractivity contribution in [3.05, 3.63) is 78.0 Å². The fraction of sp³-hybridized carbons (Fsp3) is 0.190. The van der Waals surface area contributed by atoms with Crippen LogP contribution in [0.4, 0.5) is 0 Å². The topological polar surface area (TPSA) is 70.4 Å². The number of carbonyl (C=O) groups is 2. The van der Waals surface area contributed by atoms with E-state index in [2.05, 4.69) is 5.10 Å². The van der Waals surface area contributed by atoms with Crippen LogP contribution in [0.3, 0.4) is 0 Å². The molecule has 0 radical (unpaired) electrons. The van der Waals surface area contributed by atoms with E-state index in [0.717, 1.165) is 11.1 Å². The predicted molar refractivity (Wildman–Crippen MR) is 98.0 cm³/mol. The van der Waals surface area contributed by atoms with Gasteiger partial charge in [0.15, 0.2) is 0 Å². The summed E-state index contributed by atoms with van der Waals surface area (Å²) in [5, 5.41) is 4.59. The molecule has 1 aliphatic rings. The highest BCUT2D eigenvalue weighted by atomic mass is 16.6. The molecule has 4 rings (SSSR count). The Morgan fingerprint density at radius 1 is 1.11 bits per heavy atom. The van der Waals surface area contributed by atoms with Crippen molar-refractivity contribution < 1.29 is 19.1 Å². The van der Waals surface area contributed by atoms with E-state index in [1.165, 1.54) is 0 Å². The molecule has 6 nitrogen and oxygen atoms in total. The first kappa shape index (κ1) is 17.0.